The number of carbonyl (C=O) groups excluding carboxylic acids is 1. The number of allylic oxidation sites excluding steroid dienone is 1. The number of hydrogen-bond acceptors (Lipinski definition) is 5. The van der Waals surface area contributed by atoms with Crippen molar-refractivity contribution in [1.82, 2.24) is 25.1 Å². The molecule has 0 radical (unpaired) electrons. The highest BCUT2D eigenvalue weighted by atomic mass is 32.2. The molecule has 0 fully saturated rings. The Morgan fingerprint density at radius 1 is 1.48 bits per heavy atom. The number of aryl methyl sites for hydroxylation is 1. The van der Waals surface area contributed by atoms with Gasteiger partial charge in [0.25, 0.3) is 5.91 Å². The number of rotatable bonds is 3. The molecular formula is C15H14N6OS. The Labute approximate surface area is 136 Å². The molecule has 0 saturated carbocycles. The van der Waals surface area contributed by atoms with Crippen LogP contribution in [0.2, 0.25) is 0 Å². The van der Waals surface area contributed by atoms with E-state index in [0.29, 0.717) is 22.5 Å². The number of amides is 1. The number of H-pyrrole nitrogens is 2. The molecule has 116 valence electrons. The summed E-state index contributed by atoms with van der Waals surface area (Å²) in [6.45, 7) is 1.88. The topological polar surface area (TPSA) is 99.3 Å². The van der Waals surface area contributed by atoms with E-state index in [1.165, 1.54) is 0 Å². The quantitative estimate of drug-likeness (QED) is 0.687. The Morgan fingerprint density at radius 2 is 2.39 bits per heavy atom. The summed E-state index contributed by atoms with van der Waals surface area (Å²) in [5.41, 5.74) is 2.59. The van der Waals surface area contributed by atoms with Gasteiger partial charge >= 0.3 is 0 Å². The standard InChI is InChI=1S/C15H14N6OS/c1-8-6-11(21-20-8)17-15(22)10-2-4-16-14-12(10)18-13(19-14)9-3-5-23-7-9/h2-6,9H,7H2,1H3,(H,16,18,19)(H2,17,20,21,22). The zero-order valence-electron chi connectivity index (χ0n) is 12.3. The summed E-state index contributed by atoms with van der Waals surface area (Å²) in [5, 5.41) is 11.7. The number of aromatic nitrogens is 5. The summed E-state index contributed by atoms with van der Waals surface area (Å²) < 4.78 is 0. The molecule has 4 rings (SSSR count). The number of aromatic amines is 2. The van der Waals surface area contributed by atoms with E-state index in [1.54, 1.807) is 30.1 Å². The molecule has 7 nitrogen and oxygen atoms in total. The lowest BCUT2D eigenvalue weighted by molar-refractivity contribution is 0.102. The lowest BCUT2D eigenvalue weighted by atomic mass is 10.2. The van der Waals surface area contributed by atoms with Crippen LogP contribution in [0.1, 0.15) is 27.8 Å². The minimum absolute atomic E-state index is 0.235. The van der Waals surface area contributed by atoms with Gasteiger partial charge in [0.2, 0.25) is 0 Å². The number of fused-ring (bicyclic) bond motifs is 1. The van der Waals surface area contributed by atoms with E-state index in [4.69, 9.17) is 0 Å². The van der Waals surface area contributed by atoms with E-state index >= 15 is 0 Å². The lowest BCUT2D eigenvalue weighted by Gasteiger charge is -2.03. The van der Waals surface area contributed by atoms with Crippen molar-refractivity contribution in [2.45, 2.75) is 12.8 Å². The third kappa shape index (κ3) is 2.61. The molecule has 0 saturated heterocycles. The third-order valence-corrected chi connectivity index (χ3v) is 4.54. The number of thioether (sulfide) groups is 1. The van der Waals surface area contributed by atoms with Crippen LogP contribution in [-0.2, 0) is 0 Å². The highest BCUT2D eigenvalue weighted by Crippen LogP contribution is 2.29. The predicted molar refractivity (Wildman–Crippen MR) is 89.5 cm³/mol. The summed E-state index contributed by atoms with van der Waals surface area (Å²) in [4.78, 5) is 24.5. The molecule has 1 amide bonds. The van der Waals surface area contributed by atoms with Crippen LogP contribution in [0.5, 0.6) is 0 Å². The van der Waals surface area contributed by atoms with Gasteiger partial charge in [-0.15, -0.1) is 11.8 Å². The van der Waals surface area contributed by atoms with Crippen molar-refractivity contribution in [1.29, 1.82) is 0 Å². The van der Waals surface area contributed by atoms with Crippen molar-refractivity contribution < 1.29 is 4.79 Å². The molecule has 3 aromatic heterocycles. The maximum absolute atomic E-state index is 12.5. The average Bonchev–Trinajstić information content (AvgIpc) is 3.26. The van der Waals surface area contributed by atoms with Crippen LogP contribution in [-0.4, -0.2) is 36.8 Å². The fourth-order valence-corrected chi connectivity index (χ4v) is 3.38. The summed E-state index contributed by atoms with van der Waals surface area (Å²) in [7, 11) is 0. The fraction of sp³-hybridized carbons (Fsp3) is 0.200. The normalized spacial score (nSPS) is 17.0. The second-order valence-electron chi connectivity index (χ2n) is 5.34. The molecule has 1 unspecified atom stereocenters. The van der Waals surface area contributed by atoms with E-state index < -0.39 is 0 Å². The van der Waals surface area contributed by atoms with E-state index in [2.05, 4.69) is 42.0 Å². The van der Waals surface area contributed by atoms with Crippen LogP contribution in [0.15, 0.2) is 29.8 Å². The van der Waals surface area contributed by atoms with E-state index in [0.717, 1.165) is 17.3 Å². The highest BCUT2D eigenvalue weighted by molar-refractivity contribution is 8.02. The Hall–Kier alpha value is -2.61. The maximum Gasteiger partial charge on any atom is 0.259 e. The zero-order valence-corrected chi connectivity index (χ0v) is 13.1. The predicted octanol–water partition coefficient (Wildman–Crippen LogP) is 2.59. The minimum atomic E-state index is -0.240. The van der Waals surface area contributed by atoms with Gasteiger partial charge in [-0.3, -0.25) is 9.89 Å². The zero-order chi connectivity index (χ0) is 15.8. The van der Waals surface area contributed by atoms with Gasteiger partial charge in [0.15, 0.2) is 11.5 Å². The summed E-state index contributed by atoms with van der Waals surface area (Å²) in [6.07, 6.45) is 3.70. The number of carbonyl (C=O) groups is 1. The maximum atomic E-state index is 12.5. The molecule has 0 aromatic carbocycles. The van der Waals surface area contributed by atoms with Gasteiger partial charge in [0.1, 0.15) is 5.82 Å². The number of anilines is 1. The minimum Gasteiger partial charge on any atom is -0.339 e. The lowest BCUT2D eigenvalue weighted by Crippen LogP contribution is -2.13. The van der Waals surface area contributed by atoms with Crippen LogP contribution in [0.25, 0.3) is 11.2 Å². The first kappa shape index (κ1) is 14.0. The van der Waals surface area contributed by atoms with Gasteiger partial charge in [-0.05, 0) is 18.4 Å². The van der Waals surface area contributed by atoms with Crippen LogP contribution < -0.4 is 5.32 Å². The molecule has 0 spiro atoms. The van der Waals surface area contributed by atoms with E-state index in [1.807, 2.05) is 6.92 Å². The molecule has 0 bridgehead atoms. The van der Waals surface area contributed by atoms with Crippen LogP contribution in [0.4, 0.5) is 5.82 Å². The Morgan fingerprint density at radius 3 is 3.13 bits per heavy atom. The monoisotopic (exact) mass is 326 g/mol. The average molecular weight is 326 g/mol. The fourth-order valence-electron chi connectivity index (χ4n) is 2.49. The second-order valence-corrected chi connectivity index (χ2v) is 6.28. The molecule has 0 aliphatic carbocycles. The van der Waals surface area contributed by atoms with Crippen molar-refractivity contribution in [3.63, 3.8) is 0 Å². The molecule has 8 heteroatoms. The third-order valence-electron chi connectivity index (χ3n) is 3.64. The molecule has 3 aromatic rings. The van der Waals surface area contributed by atoms with Crippen molar-refractivity contribution in [3.8, 4) is 0 Å². The van der Waals surface area contributed by atoms with Gasteiger partial charge in [0.05, 0.1) is 11.1 Å². The molecule has 4 heterocycles. The van der Waals surface area contributed by atoms with Crippen molar-refractivity contribution >= 4 is 34.7 Å². The van der Waals surface area contributed by atoms with Crippen molar-refractivity contribution in [2.24, 2.45) is 0 Å². The smallest absolute Gasteiger partial charge is 0.259 e. The first-order valence-corrected chi connectivity index (χ1v) is 8.22. The number of imidazole rings is 1. The first-order valence-electron chi connectivity index (χ1n) is 7.17. The van der Waals surface area contributed by atoms with Gasteiger partial charge in [-0.1, -0.05) is 6.08 Å². The SMILES string of the molecule is Cc1cc(NC(=O)c2ccnc3nc(C4C=CSC4)[nH]c23)n[nH]1. The van der Waals surface area contributed by atoms with E-state index in [9.17, 15) is 4.79 Å². The summed E-state index contributed by atoms with van der Waals surface area (Å²) in [6, 6.07) is 3.45. The van der Waals surface area contributed by atoms with Crippen LogP contribution in [0.3, 0.4) is 0 Å². The van der Waals surface area contributed by atoms with Crippen molar-refractivity contribution in [3.05, 3.63) is 46.9 Å². The number of nitrogens with one attached hydrogen (secondary N) is 3. The molecular weight excluding hydrogens is 312 g/mol. The Balaban J connectivity index is 1.68. The van der Waals surface area contributed by atoms with Gasteiger partial charge < -0.3 is 10.3 Å². The molecule has 3 N–H and O–H groups in total. The first-order chi connectivity index (χ1) is 11.2. The van der Waals surface area contributed by atoms with Gasteiger partial charge in [-0.2, -0.15) is 5.10 Å². The van der Waals surface area contributed by atoms with Crippen molar-refractivity contribution in [2.75, 3.05) is 11.1 Å². The summed E-state index contributed by atoms with van der Waals surface area (Å²) >= 11 is 1.75. The second kappa shape index (κ2) is 5.54. The van der Waals surface area contributed by atoms with Crippen LogP contribution >= 0.6 is 11.8 Å². The highest BCUT2D eigenvalue weighted by Gasteiger charge is 2.20. The molecule has 1 aliphatic heterocycles. The number of nitrogens with zero attached hydrogens (tertiary/aromatic N) is 3. The van der Waals surface area contributed by atoms with E-state index in [-0.39, 0.29) is 11.8 Å². The Kier molecular flexibility index (Phi) is 3.38. The number of pyridine rings is 1. The van der Waals surface area contributed by atoms with Crippen LogP contribution in [0, 0.1) is 6.92 Å². The molecule has 1 aliphatic rings. The molecule has 23 heavy (non-hydrogen) atoms. The molecule has 1 atom stereocenters. The summed E-state index contributed by atoms with van der Waals surface area (Å²) in [5.74, 6) is 2.28. The number of hydrogen-bond donors (Lipinski definition) is 3. The largest absolute Gasteiger partial charge is 0.339 e. The Bertz CT molecular complexity index is 912. The van der Waals surface area contributed by atoms with Gasteiger partial charge in [-0.25, -0.2) is 9.97 Å². The van der Waals surface area contributed by atoms with Gasteiger partial charge in [0, 0.05) is 29.6 Å².